The van der Waals surface area contributed by atoms with Crippen LogP contribution >= 0.6 is 0 Å². The van der Waals surface area contributed by atoms with E-state index in [9.17, 15) is 18.4 Å². The zero-order valence-corrected chi connectivity index (χ0v) is 12.8. The van der Waals surface area contributed by atoms with E-state index in [-0.39, 0.29) is 11.7 Å². The predicted octanol–water partition coefficient (Wildman–Crippen LogP) is 2.19. The largest absolute Gasteiger partial charge is 0.368 e. The SMILES string of the molecule is CC(C)[C@H]1CCc2c([nH]c(=O)n(-c3cc(F)cc(F)c3)c2=O)N1. The molecule has 1 aliphatic heterocycles. The van der Waals surface area contributed by atoms with Gasteiger partial charge < -0.3 is 5.32 Å². The first kappa shape index (κ1) is 15.5. The topological polar surface area (TPSA) is 66.9 Å². The van der Waals surface area contributed by atoms with Crippen molar-refractivity contribution in [2.24, 2.45) is 5.92 Å². The summed E-state index contributed by atoms with van der Waals surface area (Å²) in [6.07, 6.45) is 1.25. The Morgan fingerprint density at radius 2 is 1.83 bits per heavy atom. The first-order chi connectivity index (χ1) is 10.9. The minimum Gasteiger partial charge on any atom is -0.368 e. The Morgan fingerprint density at radius 3 is 2.43 bits per heavy atom. The molecule has 5 nitrogen and oxygen atoms in total. The highest BCUT2D eigenvalue weighted by molar-refractivity contribution is 5.47. The number of hydrogen-bond acceptors (Lipinski definition) is 3. The van der Waals surface area contributed by atoms with Gasteiger partial charge in [0.25, 0.3) is 5.56 Å². The van der Waals surface area contributed by atoms with E-state index in [2.05, 4.69) is 24.1 Å². The summed E-state index contributed by atoms with van der Waals surface area (Å²) in [4.78, 5) is 27.4. The number of fused-ring (bicyclic) bond motifs is 1. The molecule has 1 aromatic carbocycles. The molecule has 2 N–H and O–H groups in total. The second kappa shape index (κ2) is 5.64. The van der Waals surface area contributed by atoms with Gasteiger partial charge in [0.15, 0.2) is 0 Å². The molecule has 1 atom stereocenters. The number of H-pyrrole nitrogens is 1. The maximum atomic E-state index is 13.4. The Balaban J connectivity index is 2.15. The van der Waals surface area contributed by atoms with Crippen molar-refractivity contribution in [3.63, 3.8) is 0 Å². The standard InChI is InChI=1S/C16H17F2N3O2/c1-8(2)13-4-3-12-14(19-13)20-16(23)21(15(12)22)11-6-9(17)5-10(18)7-11/h5-8,13,19H,3-4H2,1-2H3,(H,20,23)/t13-/m1/s1. The molecule has 0 unspecified atom stereocenters. The van der Waals surface area contributed by atoms with E-state index >= 15 is 0 Å². The van der Waals surface area contributed by atoms with Crippen molar-refractivity contribution in [3.8, 4) is 5.69 Å². The molecule has 2 heterocycles. The van der Waals surface area contributed by atoms with Gasteiger partial charge >= 0.3 is 5.69 Å². The van der Waals surface area contributed by atoms with Gasteiger partial charge in [0.2, 0.25) is 0 Å². The number of halogens is 2. The second-order valence-corrected chi connectivity index (χ2v) is 6.09. The molecular weight excluding hydrogens is 304 g/mol. The molecule has 1 aromatic heterocycles. The van der Waals surface area contributed by atoms with E-state index in [0.717, 1.165) is 23.1 Å². The fraction of sp³-hybridized carbons (Fsp3) is 0.375. The summed E-state index contributed by atoms with van der Waals surface area (Å²) in [5.41, 5.74) is -0.979. The van der Waals surface area contributed by atoms with Crippen LogP contribution in [0.1, 0.15) is 25.8 Å². The first-order valence-corrected chi connectivity index (χ1v) is 7.48. The van der Waals surface area contributed by atoms with Crippen molar-refractivity contribution in [1.82, 2.24) is 9.55 Å². The summed E-state index contributed by atoms with van der Waals surface area (Å²) in [5, 5.41) is 3.16. The van der Waals surface area contributed by atoms with Crippen LogP contribution in [-0.4, -0.2) is 15.6 Å². The maximum absolute atomic E-state index is 13.4. The van der Waals surface area contributed by atoms with Gasteiger partial charge in [-0.25, -0.2) is 18.1 Å². The average Bonchev–Trinajstić information content (AvgIpc) is 2.45. The van der Waals surface area contributed by atoms with Gasteiger partial charge in [0.1, 0.15) is 17.5 Å². The monoisotopic (exact) mass is 321 g/mol. The first-order valence-electron chi connectivity index (χ1n) is 7.48. The van der Waals surface area contributed by atoms with E-state index in [1.807, 2.05) is 0 Å². The second-order valence-electron chi connectivity index (χ2n) is 6.09. The molecule has 0 aliphatic carbocycles. The zero-order valence-electron chi connectivity index (χ0n) is 12.8. The van der Waals surface area contributed by atoms with Gasteiger partial charge in [-0.1, -0.05) is 13.8 Å². The van der Waals surface area contributed by atoms with Gasteiger partial charge in [0, 0.05) is 12.1 Å². The number of hydrogen-bond donors (Lipinski definition) is 2. The van der Waals surface area contributed by atoms with Crippen LogP contribution < -0.4 is 16.6 Å². The summed E-state index contributed by atoms with van der Waals surface area (Å²) >= 11 is 0. The highest BCUT2D eigenvalue weighted by Crippen LogP contribution is 2.23. The third-order valence-electron chi connectivity index (χ3n) is 4.14. The van der Waals surface area contributed by atoms with E-state index in [1.165, 1.54) is 0 Å². The number of nitrogens with zero attached hydrogens (tertiary/aromatic N) is 1. The Labute approximate surface area is 131 Å². The quantitative estimate of drug-likeness (QED) is 0.891. The van der Waals surface area contributed by atoms with E-state index in [1.54, 1.807) is 0 Å². The van der Waals surface area contributed by atoms with Crippen molar-refractivity contribution >= 4 is 5.82 Å². The molecule has 0 radical (unpaired) electrons. The number of aromatic nitrogens is 2. The molecule has 7 heteroatoms. The lowest BCUT2D eigenvalue weighted by Gasteiger charge is -2.29. The van der Waals surface area contributed by atoms with Crippen molar-refractivity contribution in [3.05, 3.63) is 56.2 Å². The molecule has 0 amide bonds. The van der Waals surface area contributed by atoms with Crippen molar-refractivity contribution < 1.29 is 8.78 Å². The summed E-state index contributed by atoms with van der Waals surface area (Å²) < 4.78 is 27.5. The summed E-state index contributed by atoms with van der Waals surface area (Å²) in [5.74, 6) is -0.937. The lowest BCUT2D eigenvalue weighted by atomic mass is 9.93. The Bertz CT molecular complexity index is 850. The minimum atomic E-state index is -0.845. The van der Waals surface area contributed by atoms with Gasteiger partial charge in [-0.2, -0.15) is 0 Å². The number of aromatic amines is 1. The number of anilines is 1. The van der Waals surface area contributed by atoms with Crippen LogP contribution in [0, 0.1) is 17.6 Å². The molecule has 122 valence electrons. The Morgan fingerprint density at radius 1 is 1.17 bits per heavy atom. The Kier molecular flexibility index (Phi) is 3.79. The van der Waals surface area contributed by atoms with E-state index < -0.39 is 22.9 Å². The van der Waals surface area contributed by atoms with Gasteiger partial charge in [-0.3, -0.25) is 9.78 Å². The smallest absolute Gasteiger partial charge is 0.334 e. The molecule has 3 rings (SSSR count). The molecule has 0 saturated carbocycles. The molecule has 0 spiro atoms. The van der Waals surface area contributed by atoms with Gasteiger partial charge in [-0.05, 0) is 30.9 Å². The van der Waals surface area contributed by atoms with Crippen LogP contribution in [-0.2, 0) is 6.42 Å². The maximum Gasteiger partial charge on any atom is 0.334 e. The minimum absolute atomic E-state index is 0.123. The highest BCUT2D eigenvalue weighted by Gasteiger charge is 2.25. The number of rotatable bonds is 2. The molecule has 23 heavy (non-hydrogen) atoms. The Hall–Kier alpha value is -2.44. The fourth-order valence-corrected chi connectivity index (χ4v) is 2.89. The third kappa shape index (κ3) is 2.78. The van der Waals surface area contributed by atoms with Crippen LogP contribution in [0.3, 0.4) is 0 Å². The van der Waals surface area contributed by atoms with Crippen LogP contribution in [0.2, 0.25) is 0 Å². The van der Waals surface area contributed by atoms with E-state index in [0.29, 0.717) is 29.8 Å². The molecule has 1 aliphatic rings. The predicted molar refractivity (Wildman–Crippen MR) is 83.1 cm³/mol. The average molecular weight is 321 g/mol. The molecule has 0 fully saturated rings. The summed E-state index contributed by atoms with van der Waals surface area (Å²) in [7, 11) is 0. The lowest BCUT2D eigenvalue weighted by molar-refractivity contribution is 0.477. The lowest BCUT2D eigenvalue weighted by Crippen LogP contribution is -2.41. The van der Waals surface area contributed by atoms with Gasteiger partial charge in [-0.15, -0.1) is 0 Å². The van der Waals surface area contributed by atoms with E-state index in [4.69, 9.17) is 0 Å². The normalized spacial score (nSPS) is 17.0. The molecule has 0 saturated heterocycles. The van der Waals surface area contributed by atoms with Crippen LogP contribution in [0.15, 0.2) is 27.8 Å². The highest BCUT2D eigenvalue weighted by atomic mass is 19.1. The van der Waals surface area contributed by atoms with Crippen molar-refractivity contribution in [2.45, 2.75) is 32.7 Å². The molecule has 0 bridgehead atoms. The van der Waals surface area contributed by atoms with Crippen LogP contribution in [0.4, 0.5) is 14.6 Å². The third-order valence-corrected chi connectivity index (χ3v) is 4.14. The molecular formula is C16H17F2N3O2. The summed E-state index contributed by atoms with van der Waals surface area (Å²) in [6, 6.07) is 2.77. The van der Waals surface area contributed by atoms with Crippen molar-refractivity contribution in [1.29, 1.82) is 0 Å². The van der Waals surface area contributed by atoms with Crippen LogP contribution in [0.25, 0.3) is 5.69 Å². The number of nitrogens with one attached hydrogen (secondary N) is 2. The molecule has 2 aromatic rings. The summed E-state index contributed by atoms with van der Waals surface area (Å²) in [6.45, 7) is 4.11. The fourth-order valence-electron chi connectivity index (χ4n) is 2.89. The zero-order chi connectivity index (χ0) is 16.7. The van der Waals surface area contributed by atoms with Crippen molar-refractivity contribution in [2.75, 3.05) is 5.32 Å². The number of benzene rings is 1. The van der Waals surface area contributed by atoms with Crippen LogP contribution in [0.5, 0.6) is 0 Å². The van der Waals surface area contributed by atoms with Gasteiger partial charge in [0.05, 0.1) is 11.3 Å².